The van der Waals surface area contributed by atoms with Crippen LogP contribution in [0.5, 0.6) is 0 Å². The van der Waals surface area contributed by atoms with Crippen LogP contribution in [0.3, 0.4) is 0 Å². The van der Waals surface area contributed by atoms with Gasteiger partial charge in [-0.05, 0) is 53.1 Å². The van der Waals surface area contributed by atoms with Crippen molar-refractivity contribution in [2.24, 2.45) is 5.10 Å². The van der Waals surface area contributed by atoms with Gasteiger partial charge < -0.3 is 4.42 Å². The van der Waals surface area contributed by atoms with Crippen molar-refractivity contribution < 1.29 is 9.21 Å². The lowest BCUT2D eigenvalue weighted by Gasteiger charge is -2.20. The molecule has 0 radical (unpaired) electrons. The average Bonchev–Trinajstić information content (AvgIpc) is 3.50. The zero-order valence-electron chi connectivity index (χ0n) is 16.6. The Kier molecular flexibility index (Phi) is 5.14. The molecule has 1 aliphatic heterocycles. The van der Waals surface area contributed by atoms with E-state index < -0.39 is 0 Å². The van der Waals surface area contributed by atoms with Crippen LogP contribution in [0.15, 0.2) is 107 Å². The fraction of sp³-hybridized carbons (Fsp3) is 0.0769. The summed E-state index contributed by atoms with van der Waals surface area (Å²) in [4.78, 5) is 13.4. The predicted octanol–water partition coefficient (Wildman–Crippen LogP) is 6.59. The van der Waals surface area contributed by atoms with E-state index >= 15 is 0 Å². The van der Waals surface area contributed by atoms with Gasteiger partial charge in [0.05, 0.1) is 12.0 Å². The molecule has 0 fully saturated rings. The van der Waals surface area contributed by atoms with Crippen molar-refractivity contribution in [3.05, 3.63) is 119 Å². The Morgan fingerprint density at radius 3 is 2.19 bits per heavy atom. The Labute approximate surface area is 185 Å². The Balaban J connectivity index is 1.46. The van der Waals surface area contributed by atoms with E-state index in [1.807, 2.05) is 91.0 Å². The molecular weight excluding hydrogens is 408 g/mol. The third kappa shape index (κ3) is 3.90. The van der Waals surface area contributed by atoms with Crippen LogP contribution >= 0.6 is 11.6 Å². The first-order chi connectivity index (χ1) is 15.2. The maximum atomic E-state index is 13.4. The minimum absolute atomic E-state index is 0.162. The van der Waals surface area contributed by atoms with E-state index in [4.69, 9.17) is 16.0 Å². The maximum Gasteiger partial charge on any atom is 0.274 e. The van der Waals surface area contributed by atoms with E-state index in [0.717, 1.165) is 22.4 Å². The zero-order valence-corrected chi connectivity index (χ0v) is 17.4. The topological polar surface area (TPSA) is 45.8 Å². The van der Waals surface area contributed by atoms with Gasteiger partial charge in [0.1, 0.15) is 11.8 Å². The molecule has 0 bridgehead atoms. The summed E-state index contributed by atoms with van der Waals surface area (Å²) in [5.41, 5.74) is 4.52. The van der Waals surface area contributed by atoms with Gasteiger partial charge >= 0.3 is 0 Å². The second-order valence-electron chi connectivity index (χ2n) is 7.38. The number of hydrazone groups is 1. The Morgan fingerprint density at radius 1 is 0.839 bits per heavy atom. The van der Waals surface area contributed by atoms with Crippen molar-refractivity contribution in [2.75, 3.05) is 0 Å². The molecule has 1 aromatic heterocycles. The summed E-state index contributed by atoms with van der Waals surface area (Å²) in [6.07, 6.45) is 2.19. The number of nitrogens with zero attached hydrogens (tertiary/aromatic N) is 2. The molecule has 31 heavy (non-hydrogen) atoms. The molecule has 2 heterocycles. The lowest BCUT2D eigenvalue weighted by atomic mass is 10.0. The Hall–Kier alpha value is -3.63. The van der Waals surface area contributed by atoms with Gasteiger partial charge in [-0.2, -0.15) is 5.10 Å². The molecule has 1 atom stereocenters. The van der Waals surface area contributed by atoms with Crippen molar-refractivity contribution in [1.82, 2.24) is 5.01 Å². The predicted molar refractivity (Wildman–Crippen MR) is 122 cm³/mol. The van der Waals surface area contributed by atoms with E-state index in [-0.39, 0.29) is 11.9 Å². The van der Waals surface area contributed by atoms with Gasteiger partial charge in [-0.25, -0.2) is 5.01 Å². The van der Waals surface area contributed by atoms with Crippen LogP contribution in [0.4, 0.5) is 0 Å². The van der Waals surface area contributed by atoms with E-state index in [9.17, 15) is 4.79 Å². The first kappa shape index (κ1) is 19.3. The molecule has 0 N–H and O–H groups in total. The van der Waals surface area contributed by atoms with Crippen LogP contribution in [0.2, 0.25) is 5.02 Å². The van der Waals surface area contributed by atoms with Crippen molar-refractivity contribution in [1.29, 1.82) is 0 Å². The molecule has 152 valence electrons. The molecule has 0 aliphatic carbocycles. The third-order valence-electron chi connectivity index (χ3n) is 5.41. The smallest absolute Gasteiger partial charge is 0.274 e. The largest absolute Gasteiger partial charge is 0.467 e. The minimum Gasteiger partial charge on any atom is -0.467 e. The number of carbonyl (C=O) groups is 1. The van der Waals surface area contributed by atoms with Crippen molar-refractivity contribution in [3.8, 4) is 11.1 Å². The summed E-state index contributed by atoms with van der Waals surface area (Å²) in [6.45, 7) is 0. The summed E-state index contributed by atoms with van der Waals surface area (Å²) < 4.78 is 5.63. The van der Waals surface area contributed by atoms with E-state index in [1.165, 1.54) is 5.01 Å². The highest BCUT2D eigenvalue weighted by molar-refractivity contribution is 6.30. The molecular formula is C26H19ClN2O2. The van der Waals surface area contributed by atoms with Crippen LogP contribution in [0, 0.1) is 0 Å². The Morgan fingerprint density at radius 2 is 1.52 bits per heavy atom. The zero-order chi connectivity index (χ0) is 21.2. The van der Waals surface area contributed by atoms with E-state index in [0.29, 0.717) is 22.8 Å². The van der Waals surface area contributed by atoms with E-state index in [2.05, 4.69) is 5.10 Å². The monoisotopic (exact) mass is 426 g/mol. The number of furan rings is 1. The summed E-state index contributed by atoms with van der Waals surface area (Å²) in [7, 11) is 0. The van der Waals surface area contributed by atoms with Gasteiger partial charge in [-0.1, -0.05) is 66.2 Å². The lowest BCUT2D eigenvalue weighted by molar-refractivity contribution is 0.0693. The second-order valence-corrected chi connectivity index (χ2v) is 7.82. The normalized spacial score (nSPS) is 15.7. The van der Waals surface area contributed by atoms with Crippen molar-refractivity contribution in [2.45, 2.75) is 12.5 Å². The van der Waals surface area contributed by atoms with Gasteiger partial charge in [-0.3, -0.25) is 4.79 Å². The maximum absolute atomic E-state index is 13.4. The molecule has 1 amide bonds. The molecule has 1 unspecified atom stereocenters. The van der Waals surface area contributed by atoms with Gasteiger partial charge in [0, 0.05) is 17.0 Å². The van der Waals surface area contributed by atoms with Crippen LogP contribution in [0.25, 0.3) is 11.1 Å². The molecule has 5 rings (SSSR count). The summed E-state index contributed by atoms with van der Waals surface area (Å²) >= 11 is 6.03. The minimum atomic E-state index is -0.290. The first-order valence-electron chi connectivity index (χ1n) is 10.0. The Bertz CT molecular complexity index is 1210. The fourth-order valence-corrected chi connectivity index (χ4v) is 3.91. The van der Waals surface area contributed by atoms with Crippen molar-refractivity contribution >= 4 is 23.2 Å². The van der Waals surface area contributed by atoms with Crippen molar-refractivity contribution in [3.63, 3.8) is 0 Å². The third-order valence-corrected chi connectivity index (χ3v) is 5.66. The fourth-order valence-electron chi connectivity index (χ4n) is 3.79. The van der Waals surface area contributed by atoms with E-state index in [1.54, 1.807) is 6.26 Å². The van der Waals surface area contributed by atoms with Crippen LogP contribution in [-0.2, 0) is 0 Å². The quantitative estimate of drug-likeness (QED) is 0.369. The second kappa shape index (κ2) is 8.25. The molecule has 3 aromatic carbocycles. The van der Waals surface area contributed by atoms with Gasteiger partial charge in [-0.15, -0.1) is 0 Å². The molecule has 5 heteroatoms. The number of halogens is 1. The summed E-state index contributed by atoms with van der Waals surface area (Å²) in [5, 5.41) is 6.87. The number of carbonyl (C=O) groups excluding carboxylic acids is 1. The molecule has 0 spiro atoms. The number of benzene rings is 3. The lowest BCUT2D eigenvalue weighted by Crippen LogP contribution is -2.26. The van der Waals surface area contributed by atoms with Crippen LogP contribution < -0.4 is 0 Å². The SMILES string of the molecule is O=C(c1ccc(-c2ccccc2)cc1)N1N=C(c2ccc(Cl)cc2)CC1c1ccco1. The highest BCUT2D eigenvalue weighted by Crippen LogP contribution is 2.34. The standard InChI is InChI=1S/C26H19ClN2O2/c27-22-14-12-20(13-15-22)23-17-24(25-7-4-16-31-25)29(28-23)26(30)21-10-8-19(9-11-21)18-5-2-1-3-6-18/h1-16,24H,17H2. The molecule has 0 saturated carbocycles. The van der Waals surface area contributed by atoms with Gasteiger partial charge in [0.25, 0.3) is 5.91 Å². The average molecular weight is 427 g/mol. The molecule has 4 aromatic rings. The highest BCUT2D eigenvalue weighted by atomic mass is 35.5. The number of amides is 1. The number of hydrogen-bond donors (Lipinski definition) is 0. The molecule has 4 nitrogen and oxygen atoms in total. The summed E-state index contributed by atoms with van der Waals surface area (Å²) in [5.74, 6) is 0.548. The molecule has 0 saturated heterocycles. The van der Waals surface area contributed by atoms with Crippen LogP contribution in [-0.4, -0.2) is 16.6 Å². The molecule has 1 aliphatic rings. The number of rotatable bonds is 4. The van der Waals surface area contributed by atoms with Gasteiger partial charge in [0.2, 0.25) is 0 Å². The van der Waals surface area contributed by atoms with Gasteiger partial charge in [0.15, 0.2) is 0 Å². The first-order valence-corrected chi connectivity index (χ1v) is 10.4. The number of hydrogen-bond acceptors (Lipinski definition) is 3. The van der Waals surface area contributed by atoms with Crippen LogP contribution in [0.1, 0.15) is 34.1 Å². The highest BCUT2D eigenvalue weighted by Gasteiger charge is 2.35. The summed E-state index contributed by atoms with van der Waals surface area (Å²) in [6, 6.07) is 28.6.